The molecule has 0 unspecified atom stereocenters. The quantitative estimate of drug-likeness (QED) is 0.386. The van der Waals surface area contributed by atoms with E-state index in [0.717, 1.165) is 28.4 Å². The van der Waals surface area contributed by atoms with Crippen LogP contribution in [0.5, 0.6) is 17.2 Å². The van der Waals surface area contributed by atoms with E-state index >= 15 is 0 Å². The summed E-state index contributed by atoms with van der Waals surface area (Å²) in [6, 6.07) is 13.4. The Hall–Kier alpha value is -3.33. The number of H-pyrrole nitrogens is 1. The molecule has 1 amide bonds. The molecule has 0 saturated carbocycles. The summed E-state index contributed by atoms with van der Waals surface area (Å²) in [6.07, 6.45) is 0.991. The van der Waals surface area contributed by atoms with Gasteiger partial charge in [-0.15, -0.1) is 0 Å². The molecule has 0 aliphatic carbocycles. The van der Waals surface area contributed by atoms with Gasteiger partial charge in [-0.3, -0.25) is 14.5 Å². The summed E-state index contributed by atoms with van der Waals surface area (Å²) in [7, 11) is 1.62. The number of rotatable bonds is 12. The summed E-state index contributed by atoms with van der Waals surface area (Å²) in [4.78, 5) is 12.4. The summed E-state index contributed by atoms with van der Waals surface area (Å²) >= 11 is 5.35. The molecule has 8 nitrogen and oxygen atoms in total. The molecule has 2 aromatic carbocycles. The second-order valence-electron chi connectivity index (χ2n) is 7.23. The Kier molecular flexibility index (Phi) is 8.88. The number of nitrogens with zero attached hydrogens (tertiary/aromatic N) is 2. The molecule has 0 aliphatic heterocycles. The van der Waals surface area contributed by atoms with Crippen LogP contribution in [0.1, 0.15) is 25.8 Å². The van der Waals surface area contributed by atoms with Gasteiger partial charge >= 0.3 is 0 Å². The summed E-state index contributed by atoms with van der Waals surface area (Å²) in [6.45, 7) is 5.98. The summed E-state index contributed by atoms with van der Waals surface area (Å²) in [5.74, 6) is 2.86. The maximum atomic E-state index is 12.4. The largest absolute Gasteiger partial charge is 0.497 e. The second-order valence-corrected chi connectivity index (χ2v) is 7.62. The molecule has 0 bridgehead atoms. The normalized spacial score (nSPS) is 10.6. The Morgan fingerprint density at radius 1 is 1.09 bits per heavy atom. The van der Waals surface area contributed by atoms with Gasteiger partial charge in [0.15, 0.2) is 22.1 Å². The zero-order chi connectivity index (χ0) is 23.6. The fourth-order valence-electron chi connectivity index (χ4n) is 3.38. The van der Waals surface area contributed by atoms with Crippen molar-refractivity contribution in [2.45, 2.75) is 33.2 Å². The first-order valence-electron chi connectivity index (χ1n) is 11.0. The van der Waals surface area contributed by atoms with E-state index in [4.69, 9.17) is 26.4 Å². The van der Waals surface area contributed by atoms with Crippen LogP contribution in [-0.4, -0.2) is 47.5 Å². The Balaban J connectivity index is 1.54. The van der Waals surface area contributed by atoms with Crippen molar-refractivity contribution < 1.29 is 19.0 Å². The summed E-state index contributed by atoms with van der Waals surface area (Å²) < 4.78 is 18.8. The highest BCUT2D eigenvalue weighted by atomic mass is 32.1. The molecule has 2 N–H and O–H groups in total. The topological polar surface area (TPSA) is 90.4 Å². The Morgan fingerprint density at radius 2 is 1.82 bits per heavy atom. The predicted octanol–water partition coefficient (Wildman–Crippen LogP) is 4.16. The van der Waals surface area contributed by atoms with Crippen LogP contribution in [0.3, 0.4) is 0 Å². The fraction of sp³-hybridized carbons (Fsp3) is 0.375. The minimum Gasteiger partial charge on any atom is -0.497 e. The Morgan fingerprint density at radius 3 is 2.52 bits per heavy atom. The van der Waals surface area contributed by atoms with Crippen LogP contribution < -0.4 is 19.5 Å². The highest BCUT2D eigenvalue weighted by Gasteiger charge is 2.11. The number of ether oxygens (including phenoxy) is 3. The molecule has 3 aromatic rings. The van der Waals surface area contributed by atoms with Gasteiger partial charge in [-0.2, -0.15) is 5.10 Å². The number of methoxy groups -OCH3 is 1. The van der Waals surface area contributed by atoms with E-state index in [0.29, 0.717) is 49.7 Å². The smallest absolute Gasteiger partial charge is 0.221 e. The molecule has 33 heavy (non-hydrogen) atoms. The van der Waals surface area contributed by atoms with Crippen molar-refractivity contribution in [2.24, 2.45) is 0 Å². The lowest BCUT2D eigenvalue weighted by atomic mass is 10.1. The van der Waals surface area contributed by atoms with Crippen molar-refractivity contribution in [3.05, 3.63) is 52.8 Å². The molecule has 0 fully saturated rings. The lowest BCUT2D eigenvalue weighted by molar-refractivity contribution is -0.121. The first kappa shape index (κ1) is 24.3. The molecule has 1 aromatic heterocycles. The molecule has 0 atom stereocenters. The molecule has 0 radical (unpaired) electrons. The molecule has 9 heteroatoms. The average molecular weight is 471 g/mol. The number of carbonyl (C=O) groups excluding carboxylic acids is 1. The van der Waals surface area contributed by atoms with Crippen LogP contribution in [0.4, 0.5) is 0 Å². The van der Waals surface area contributed by atoms with Crippen molar-refractivity contribution in [2.75, 3.05) is 26.9 Å². The highest BCUT2D eigenvalue weighted by molar-refractivity contribution is 7.71. The van der Waals surface area contributed by atoms with Crippen LogP contribution >= 0.6 is 12.2 Å². The van der Waals surface area contributed by atoms with Gasteiger partial charge in [0, 0.05) is 25.1 Å². The van der Waals surface area contributed by atoms with Gasteiger partial charge in [-0.05, 0) is 74.4 Å². The first-order chi connectivity index (χ1) is 16.0. The molecule has 0 saturated heterocycles. The van der Waals surface area contributed by atoms with Gasteiger partial charge in [-0.25, -0.2) is 0 Å². The van der Waals surface area contributed by atoms with E-state index in [1.807, 2.05) is 60.9 Å². The van der Waals surface area contributed by atoms with Gasteiger partial charge in [0.05, 0.1) is 20.3 Å². The van der Waals surface area contributed by atoms with Crippen molar-refractivity contribution in [1.82, 2.24) is 20.1 Å². The number of nitrogens with one attached hydrogen (secondary N) is 2. The van der Waals surface area contributed by atoms with Gasteiger partial charge in [0.1, 0.15) is 5.75 Å². The fourth-order valence-corrected chi connectivity index (χ4v) is 3.61. The Labute approximate surface area is 198 Å². The minimum absolute atomic E-state index is 0.0465. The van der Waals surface area contributed by atoms with E-state index < -0.39 is 0 Å². The van der Waals surface area contributed by atoms with E-state index in [-0.39, 0.29) is 5.91 Å². The zero-order valence-corrected chi connectivity index (χ0v) is 20.0. The number of benzene rings is 2. The van der Waals surface area contributed by atoms with E-state index in [2.05, 4.69) is 15.5 Å². The summed E-state index contributed by atoms with van der Waals surface area (Å²) in [5.41, 5.74) is 1.96. The minimum atomic E-state index is -0.0465. The third kappa shape index (κ3) is 6.58. The van der Waals surface area contributed by atoms with Crippen LogP contribution in [-0.2, 0) is 17.8 Å². The molecular formula is C24H30N4O4S. The molecule has 0 aliphatic rings. The van der Waals surface area contributed by atoms with E-state index in [1.54, 1.807) is 7.11 Å². The lowest BCUT2D eigenvalue weighted by Crippen LogP contribution is -2.26. The van der Waals surface area contributed by atoms with Gasteiger partial charge in [-0.1, -0.05) is 6.07 Å². The number of carbonyl (C=O) groups is 1. The maximum Gasteiger partial charge on any atom is 0.221 e. The second kappa shape index (κ2) is 12.1. The molecule has 1 heterocycles. The monoisotopic (exact) mass is 470 g/mol. The SMILES string of the molecule is CCOc1ccc(CCNC(=O)CCn2c(-c3ccc(OC)cc3)n[nH]c2=S)cc1OCC. The maximum absolute atomic E-state index is 12.4. The third-order valence-corrected chi connectivity index (χ3v) is 5.32. The number of hydrogen-bond donors (Lipinski definition) is 2. The van der Waals surface area contributed by atoms with Crippen molar-refractivity contribution in [3.63, 3.8) is 0 Å². The number of aromatic nitrogens is 3. The van der Waals surface area contributed by atoms with Crippen LogP contribution in [0.15, 0.2) is 42.5 Å². The number of amides is 1. The Bertz CT molecular complexity index is 1110. The molecule has 3 rings (SSSR count). The van der Waals surface area contributed by atoms with E-state index in [9.17, 15) is 4.79 Å². The zero-order valence-electron chi connectivity index (χ0n) is 19.2. The molecule has 176 valence electrons. The number of aromatic amines is 1. The molecular weight excluding hydrogens is 440 g/mol. The lowest BCUT2D eigenvalue weighted by Gasteiger charge is -2.13. The van der Waals surface area contributed by atoms with Crippen LogP contribution in [0.2, 0.25) is 0 Å². The van der Waals surface area contributed by atoms with Gasteiger partial charge in [0.2, 0.25) is 5.91 Å². The van der Waals surface area contributed by atoms with Gasteiger partial charge in [0.25, 0.3) is 0 Å². The highest BCUT2D eigenvalue weighted by Crippen LogP contribution is 2.28. The predicted molar refractivity (Wildman–Crippen MR) is 130 cm³/mol. The van der Waals surface area contributed by atoms with Crippen LogP contribution in [0, 0.1) is 4.77 Å². The average Bonchev–Trinajstić information content (AvgIpc) is 3.20. The summed E-state index contributed by atoms with van der Waals surface area (Å²) in [5, 5.41) is 10.1. The number of hydrogen-bond acceptors (Lipinski definition) is 6. The standard InChI is InChI=1S/C24H30N4O4S/c1-4-31-20-11-6-17(16-21(20)32-5-2)12-14-25-22(29)13-15-28-23(26-27-24(28)33)18-7-9-19(30-3)10-8-18/h6-11,16H,4-5,12-15H2,1-3H3,(H,25,29)(H,27,33). The van der Waals surface area contributed by atoms with E-state index in [1.165, 1.54) is 0 Å². The van der Waals surface area contributed by atoms with Crippen molar-refractivity contribution in [3.8, 4) is 28.6 Å². The van der Waals surface area contributed by atoms with Gasteiger partial charge < -0.3 is 19.5 Å². The van der Waals surface area contributed by atoms with Crippen molar-refractivity contribution in [1.29, 1.82) is 0 Å². The van der Waals surface area contributed by atoms with Crippen LogP contribution in [0.25, 0.3) is 11.4 Å². The van der Waals surface area contributed by atoms with Crippen molar-refractivity contribution >= 4 is 18.1 Å². The third-order valence-electron chi connectivity index (χ3n) is 5.01. The first-order valence-corrected chi connectivity index (χ1v) is 11.4. The molecule has 0 spiro atoms.